The van der Waals surface area contributed by atoms with Crippen molar-refractivity contribution < 1.29 is 5.11 Å². The van der Waals surface area contributed by atoms with Crippen molar-refractivity contribution in [2.45, 2.75) is 38.6 Å². The molecule has 0 fully saturated rings. The molecule has 0 atom stereocenters. The standard InChI is InChI=1S/C13H22N2O/c1-3-13(4-2,11-16)15-10-8-12-7-5-6-9-14-12/h5-7,9,15-16H,3-4,8,10-11H2,1-2H3. The van der Waals surface area contributed by atoms with Crippen LogP contribution in [0.1, 0.15) is 32.4 Å². The molecule has 0 aliphatic heterocycles. The molecule has 1 aromatic heterocycles. The van der Waals surface area contributed by atoms with E-state index in [0.717, 1.165) is 31.5 Å². The van der Waals surface area contributed by atoms with Crippen molar-refractivity contribution in [3.05, 3.63) is 30.1 Å². The molecule has 0 aromatic carbocycles. The van der Waals surface area contributed by atoms with Gasteiger partial charge in [-0.25, -0.2) is 0 Å². The molecule has 0 spiro atoms. The van der Waals surface area contributed by atoms with Gasteiger partial charge < -0.3 is 10.4 Å². The molecule has 0 unspecified atom stereocenters. The third-order valence-electron chi connectivity index (χ3n) is 3.26. The number of nitrogens with one attached hydrogen (secondary N) is 1. The Labute approximate surface area is 97.9 Å². The minimum Gasteiger partial charge on any atom is -0.394 e. The summed E-state index contributed by atoms with van der Waals surface area (Å²) < 4.78 is 0. The Morgan fingerprint density at radius 1 is 1.31 bits per heavy atom. The number of aromatic nitrogens is 1. The van der Waals surface area contributed by atoms with Crippen LogP contribution >= 0.6 is 0 Å². The van der Waals surface area contributed by atoms with Gasteiger partial charge in [-0.05, 0) is 25.0 Å². The molecular weight excluding hydrogens is 200 g/mol. The molecule has 3 heteroatoms. The molecule has 2 N–H and O–H groups in total. The highest BCUT2D eigenvalue weighted by molar-refractivity contribution is 5.04. The third kappa shape index (κ3) is 3.58. The van der Waals surface area contributed by atoms with E-state index in [-0.39, 0.29) is 12.1 Å². The minimum atomic E-state index is -0.116. The van der Waals surface area contributed by atoms with Crippen molar-refractivity contribution >= 4 is 0 Å². The number of nitrogens with zero attached hydrogens (tertiary/aromatic N) is 1. The minimum absolute atomic E-state index is 0.116. The third-order valence-corrected chi connectivity index (χ3v) is 3.26. The average molecular weight is 222 g/mol. The molecule has 90 valence electrons. The summed E-state index contributed by atoms with van der Waals surface area (Å²) in [5.41, 5.74) is 0.975. The van der Waals surface area contributed by atoms with E-state index in [1.165, 1.54) is 0 Å². The fourth-order valence-corrected chi connectivity index (χ4v) is 1.78. The Bertz CT molecular complexity index is 275. The molecule has 0 aliphatic carbocycles. The van der Waals surface area contributed by atoms with E-state index in [1.807, 2.05) is 24.4 Å². The van der Waals surface area contributed by atoms with Gasteiger partial charge in [0.1, 0.15) is 0 Å². The lowest BCUT2D eigenvalue weighted by Crippen LogP contribution is -2.48. The number of aliphatic hydroxyl groups is 1. The Balaban J connectivity index is 2.39. The van der Waals surface area contributed by atoms with Gasteiger partial charge in [-0.15, -0.1) is 0 Å². The van der Waals surface area contributed by atoms with Crippen molar-refractivity contribution in [1.29, 1.82) is 0 Å². The maximum Gasteiger partial charge on any atom is 0.0613 e. The zero-order valence-electron chi connectivity index (χ0n) is 10.2. The summed E-state index contributed by atoms with van der Waals surface area (Å²) in [6, 6.07) is 5.95. The van der Waals surface area contributed by atoms with Crippen molar-refractivity contribution in [3.63, 3.8) is 0 Å². The second-order valence-corrected chi connectivity index (χ2v) is 4.14. The maximum absolute atomic E-state index is 9.40. The predicted octanol–water partition coefficient (Wildman–Crippen LogP) is 1.76. The first kappa shape index (κ1) is 13.1. The maximum atomic E-state index is 9.40. The molecule has 1 aromatic rings. The van der Waals surface area contributed by atoms with Crippen molar-refractivity contribution in [2.24, 2.45) is 0 Å². The molecule has 1 rings (SSSR count). The van der Waals surface area contributed by atoms with Crippen LogP contribution in [0.2, 0.25) is 0 Å². The van der Waals surface area contributed by atoms with E-state index in [9.17, 15) is 5.11 Å². The van der Waals surface area contributed by atoms with Crippen molar-refractivity contribution in [3.8, 4) is 0 Å². The zero-order chi connectivity index (χ0) is 11.9. The molecule has 0 saturated heterocycles. The summed E-state index contributed by atoms with van der Waals surface area (Å²) in [4.78, 5) is 4.27. The lowest BCUT2D eigenvalue weighted by molar-refractivity contribution is 0.151. The van der Waals surface area contributed by atoms with Crippen LogP contribution in [-0.2, 0) is 6.42 Å². The summed E-state index contributed by atoms with van der Waals surface area (Å²) in [6.45, 7) is 5.27. The molecule has 0 radical (unpaired) electrons. The normalized spacial score (nSPS) is 11.7. The van der Waals surface area contributed by atoms with Crippen LogP contribution in [0.3, 0.4) is 0 Å². The molecule has 16 heavy (non-hydrogen) atoms. The number of rotatable bonds is 7. The summed E-state index contributed by atoms with van der Waals surface area (Å²) in [5.74, 6) is 0. The molecule has 0 bridgehead atoms. The van der Waals surface area contributed by atoms with E-state index >= 15 is 0 Å². The lowest BCUT2D eigenvalue weighted by atomic mass is 9.94. The van der Waals surface area contributed by atoms with Gasteiger partial charge in [0.05, 0.1) is 6.61 Å². The van der Waals surface area contributed by atoms with Crippen LogP contribution in [0.25, 0.3) is 0 Å². The Hall–Kier alpha value is -0.930. The second kappa shape index (κ2) is 6.61. The molecular formula is C13H22N2O. The first-order valence-electron chi connectivity index (χ1n) is 6.02. The highest BCUT2D eigenvalue weighted by Crippen LogP contribution is 2.13. The smallest absolute Gasteiger partial charge is 0.0613 e. The van der Waals surface area contributed by atoms with Gasteiger partial charge in [0, 0.05) is 30.4 Å². The fourth-order valence-electron chi connectivity index (χ4n) is 1.78. The number of pyridine rings is 1. The van der Waals surface area contributed by atoms with Crippen LogP contribution in [-0.4, -0.2) is 28.8 Å². The largest absolute Gasteiger partial charge is 0.394 e. The van der Waals surface area contributed by atoms with Crippen LogP contribution in [0.15, 0.2) is 24.4 Å². The summed E-state index contributed by atoms with van der Waals surface area (Å²) >= 11 is 0. The Kier molecular flexibility index (Phi) is 5.43. The van der Waals surface area contributed by atoms with Gasteiger partial charge in [0.25, 0.3) is 0 Å². The van der Waals surface area contributed by atoms with Gasteiger partial charge in [0.2, 0.25) is 0 Å². The quantitative estimate of drug-likeness (QED) is 0.739. The topological polar surface area (TPSA) is 45.1 Å². The molecule has 3 nitrogen and oxygen atoms in total. The highest BCUT2D eigenvalue weighted by atomic mass is 16.3. The van der Waals surface area contributed by atoms with Gasteiger partial charge in [0.15, 0.2) is 0 Å². The monoisotopic (exact) mass is 222 g/mol. The van der Waals surface area contributed by atoms with Crippen molar-refractivity contribution in [1.82, 2.24) is 10.3 Å². The fraction of sp³-hybridized carbons (Fsp3) is 0.615. The zero-order valence-corrected chi connectivity index (χ0v) is 10.2. The van der Waals surface area contributed by atoms with Crippen LogP contribution in [0.5, 0.6) is 0 Å². The average Bonchev–Trinajstić information content (AvgIpc) is 2.37. The molecule has 1 heterocycles. The molecule has 0 aliphatic rings. The van der Waals surface area contributed by atoms with E-state index in [4.69, 9.17) is 0 Å². The van der Waals surface area contributed by atoms with E-state index < -0.39 is 0 Å². The van der Waals surface area contributed by atoms with Crippen LogP contribution in [0, 0.1) is 0 Å². The van der Waals surface area contributed by atoms with Gasteiger partial charge >= 0.3 is 0 Å². The summed E-state index contributed by atoms with van der Waals surface area (Å²) in [7, 11) is 0. The van der Waals surface area contributed by atoms with Gasteiger partial charge in [-0.2, -0.15) is 0 Å². The summed E-state index contributed by atoms with van der Waals surface area (Å²) in [5, 5.41) is 12.8. The van der Waals surface area contributed by atoms with Gasteiger partial charge in [-0.3, -0.25) is 4.98 Å². The Morgan fingerprint density at radius 3 is 2.56 bits per heavy atom. The van der Waals surface area contributed by atoms with Crippen LogP contribution in [0.4, 0.5) is 0 Å². The Morgan fingerprint density at radius 2 is 2.06 bits per heavy atom. The highest BCUT2D eigenvalue weighted by Gasteiger charge is 2.23. The van der Waals surface area contributed by atoms with Gasteiger partial charge in [-0.1, -0.05) is 19.9 Å². The number of aliphatic hydroxyl groups excluding tert-OH is 1. The summed E-state index contributed by atoms with van der Waals surface area (Å²) in [6.07, 6.45) is 4.61. The number of hydrogen-bond donors (Lipinski definition) is 2. The van der Waals surface area contributed by atoms with E-state index in [2.05, 4.69) is 24.1 Å². The van der Waals surface area contributed by atoms with Crippen LogP contribution < -0.4 is 5.32 Å². The SMILES string of the molecule is CCC(CC)(CO)NCCc1ccccn1. The molecule has 0 saturated carbocycles. The van der Waals surface area contributed by atoms with E-state index in [0.29, 0.717) is 0 Å². The number of hydrogen-bond acceptors (Lipinski definition) is 3. The first-order valence-corrected chi connectivity index (χ1v) is 6.02. The van der Waals surface area contributed by atoms with E-state index in [1.54, 1.807) is 0 Å². The molecule has 0 amide bonds. The second-order valence-electron chi connectivity index (χ2n) is 4.14. The first-order chi connectivity index (χ1) is 7.76. The lowest BCUT2D eigenvalue weighted by Gasteiger charge is -2.30. The van der Waals surface area contributed by atoms with Crippen molar-refractivity contribution in [2.75, 3.05) is 13.2 Å². The predicted molar refractivity (Wildman–Crippen MR) is 66.3 cm³/mol.